The first kappa shape index (κ1) is 10.7. The van der Waals surface area contributed by atoms with Gasteiger partial charge in [-0.15, -0.1) is 0 Å². The fraction of sp³-hybridized carbons (Fsp3) is 0.900. The maximum Gasteiger partial charge on any atom is 0.410 e. The van der Waals surface area contributed by atoms with Crippen LogP contribution in [0.4, 0.5) is 4.79 Å². The van der Waals surface area contributed by atoms with Crippen molar-refractivity contribution < 1.29 is 14.6 Å². The molecule has 0 aliphatic carbocycles. The Bertz CT molecular complexity index is 274. The molecule has 5 nitrogen and oxygen atoms in total. The molecule has 0 saturated carbocycles. The van der Waals surface area contributed by atoms with Gasteiger partial charge < -0.3 is 15.2 Å². The van der Waals surface area contributed by atoms with E-state index in [1.54, 1.807) is 4.90 Å². The Labute approximate surface area is 89.4 Å². The third-order valence-corrected chi connectivity index (χ3v) is 2.82. The second-order valence-electron chi connectivity index (χ2n) is 5.21. The highest BCUT2D eigenvalue weighted by molar-refractivity contribution is 5.69. The number of piperazine rings is 1. The number of aliphatic hydroxyl groups excluding tert-OH is 1. The van der Waals surface area contributed by atoms with E-state index in [4.69, 9.17) is 4.74 Å². The van der Waals surface area contributed by atoms with Gasteiger partial charge in [0.15, 0.2) is 0 Å². The molecule has 2 bridgehead atoms. The number of rotatable bonds is 0. The molecule has 0 aromatic heterocycles. The maximum atomic E-state index is 11.8. The van der Waals surface area contributed by atoms with Gasteiger partial charge in [-0.1, -0.05) is 0 Å². The van der Waals surface area contributed by atoms with Crippen LogP contribution >= 0.6 is 0 Å². The molecule has 0 aromatic rings. The molecule has 86 valence electrons. The first-order chi connectivity index (χ1) is 6.88. The fourth-order valence-corrected chi connectivity index (χ4v) is 2.13. The van der Waals surface area contributed by atoms with Crippen LogP contribution in [0, 0.1) is 0 Å². The molecule has 3 atom stereocenters. The summed E-state index contributed by atoms with van der Waals surface area (Å²) < 4.78 is 5.27. The minimum absolute atomic E-state index is 0.0162. The highest BCUT2D eigenvalue weighted by Crippen LogP contribution is 2.25. The molecule has 0 spiro atoms. The van der Waals surface area contributed by atoms with Crippen LogP contribution in [-0.2, 0) is 4.74 Å². The van der Waals surface area contributed by atoms with Crippen LogP contribution in [0.5, 0.6) is 0 Å². The van der Waals surface area contributed by atoms with E-state index in [-0.39, 0.29) is 18.2 Å². The summed E-state index contributed by atoms with van der Waals surface area (Å²) in [5.41, 5.74) is -0.475. The van der Waals surface area contributed by atoms with Crippen molar-refractivity contribution in [3.8, 4) is 0 Å². The lowest BCUT2D eigenvalue weighted by atomic mass is 10.2. The normalized spacial score (nSPS) is 34.7. The predicted octanol–water partition coefficient (Wildman–Crippen LogP) is -0.0616. The number of hydrogen-bond acceptors (Lipinski definition) is 4. The molecular weight excluding hydrogens is 196 g/mol. The number of nitrogens with one attached hydrogen (secondary N) is 1. The van der Waals surface area contributed by atoms with Crippen LogP contribution in [0.3, 0.4) is 0 Å². The van der Waals surface area contributed by atoms with Crippen LogP contribution in [0.25, 0.3) is 0 Å². The first-order valence-electron chi connectivity index (χ1n) is 5.29. The maximum absolute atomic E-state index is 11.8. The van der Waals surface area contributed by atoms with Gasteiger partial charge in [-0.25, -0.2) is 4.79 Å². The zero-order chi connectivity index (χ0) is 11.2. The van der Waals surface area contributed by atoms with Gasteiger partial charge in [-0.05, 0) is 20.8 Å². The minimum atomic E-state index is -0.475. The number of aliphatic hydroxyl groups is 1. The van der Waals surface area contributed by atoms with Gasteiger partial charge in [0.05, 0.1) is 18.2 Å². The summed E-state index contributed by atoms with van der Waals surface area (Å²) >= 11 is 0. The summed E-state index contributed by atoms with van der Waals surface area (Å²) in [4.78, 5) is 13.4. The predicted molar refractivity (Wildman–Crippen MR) is 54.5 cm³/mol. The zero-order valence-electron chi connectivity index (χ0n) is 9.36. The monoisotopic (exact) mass is 214 g/mol. The number of fused-ring (bicyclic) bond motifs is 2. The van der Waals surface area contributed by atoms with Gasteiger partial charge in [0.1, 0.15) is 5.60 Å². The first-order valence-corrected chi connectivity index (χ1v) is 5.29. The quantitative estimate of drug-likeness (QED) is 0.593. The fourth-order valence-electron chi connectivity index (χ4n) is 2.13. The smallest absolute Gasteiger partial charge is 0.410 e. The van der Waals surface area contributed by atoms with Crippen molar-refractivity contribution in [1.29, 1.82) is 0 Å². The second-order valence-corrected chi connectivity index (χ2v) is 5.21. The van der Waals surface area contributed by atoms with Gasteiger partial charge >= 0.3 is 6.09 Å². The molecule has 0 aromatic carbocycles. The number of ether oxygens (including phenoxy) is 1. The highest BCUT2D eigenvalue weighted by atomic mass is 16.6. The Kier molecular flexibility index (Phi) is 2.39. The van der Waals surface area contributed by atoms with E-state index in [0.717, 1.165) is 0 Å². The van der Waals surface area contributed by atoms with Gasteiger partial charge in [-0.2, -0.15) is 0 Å². The van der Waals surface area contributed by atoms with Gasteiger partial charge in [-0.3, -0.25) is 4.90 Å². The zero-order valence-corrected chi connectivity index (χ0v) is 9.36. The number of carbonyl (C=O) groups excluding carboxylic acids is 1. The van der Waals surface area contributed by atoms with E-state index < -0.39 is 11.7 Å². The van der Waals surface area contributed by atoms with Crippen LogP contribution in [0.15, 0.2) is 0 Å². The number of carbonyl (C=O) groups is 1. The van der Waals surface area contributed by atoms with Gasteiger partial charge in [0, 0.05) is 13.1 Å². The van der Waals surface area contributed by atoms with Crippen molar-refractivity contribution in [1.82, 2.24) is 10.2 Å². The van der Waals surface area contributed by atoms with E-state index in [1.807, 2.05) is 20.8 Å². The SMILES string of the molecule is CC(C)(C)OC(=O)N1C[C@@H]2NC[C@H]1C2O. The Morgan fingerprint density at radius 3 is 2.60 bits per heavy atom. The molecule has 2 rings (SSSR count). The van der Waals surface area contributed by atoms with Crippen LogP contribution in [-0.4, -0.2) is 53.0 Å². The molecule has 15 heavy (non-hydrogen) atoms. The van der Waals surface area contributed by atoms with Gasteiger partial charge in [0.2, 0.25) is 0 Å². The lowest BCUT2D eigenvalue weighted by Gasteiger charge is -2.30. The summed E-state index contributed by atoms with van der Waals surface area (Å²) in [6, 6.07) is -0.104. The third-order valence-electron chi connectivity index (χ3n) is 2.82. The number of hydrogen-bond donors (Lipinski definition) is 2. The number of nitrogens with zero attached hydrogens (tertiary/aromatic N) is 1. The summed E-state index contributed by atoms with van der Waals surface area (Å²) in [7, 11) is 0. The summed E-state index contributed by atoms with van der Waals surface area (Å²) in [5.74, 6) is 0. The van der Waals surface area contributed by atoms with Crippen molar-refractivity contribution in [2.75, 3.05) is 13.1 Å². The average Bonchev–Trinajstić information content (AvgIpc) is 2.59. The molecular formula is C10H18N2O3. The Hall–Kier alpha value is -0.810. The number of likely N-dealkylation sites (tertiary alicyclic amines) is 1. The topological polar surface area (TPSA) is 61.8 Å². The Morgan fingerprint density at radius 2 is 2.20 bits per heavy atom. The number of amides is 1. The lowest BCUT2D eigenvalue weighted by Crippen LogP contribution is -2.48. The van der Waals surface area contributed by atoms with E-state index >= 15 is 0 Å². The van der Waals surface area contributed by atoms with E-state index in [1.165, 1.54) is 0 Å². The molecule has 5 heteroatoms. The minimum Gasteiger partial charge on any atom is -0.444 e. The van der Waals surface area contributed by atoms with Crippen molar-refractivity contribution >= 4 is 6.09 Å². The molecule has 0 radical (unpaired) electrons. The van der Waals surface area contributed by atoms with E-state index in [9.17, 15) is 9.90 Å². The standard InChI is InChI=1S/C10H18N2O3/c1-10(2,3)15-9(14)12-5-6-8(13)7(12)4-11-6/h6-8,11,13H,4-5H2,1-3H3/t6-,7-,8?/m0/s1. The summed E-state index contributed by atoms with van der Waals surface area (Å²) in [6.07, 6.45) is -0.770. The molecule has 1 unspecified atom stereocenters. The highest BCUT2D eigenvalue weighted by Gasteiger charge is 2.48. The summed E-state index contributed by atoms with van der Waals surface area (Å²) in [6.45, 7) is 6.72. The second kappa shape index (κ2) is 3.35. The van der Waals surface area contributed by atoms with E-state index in [2.05, 4.69) is 5.32 Å². The van der Waals surface area contributed by atoms with Crippen molar-refractivity contribution in [3.63, 3.8) is 0 Å². The van der Waals surface area contributed by atoms with Gasteiger partial charge in [0.25, 0.3) is 0 Å². The van der Waals surface area contributed by atoms with Crippen molar-refractivity contribution in [2.24, 2.45) is 0 Å². The lowest BCUT2D eigenvalue weighted by molar-refractivity contribution is 0.0164. The van der Waals surface area contributed by atoms with Crippen molar-refractivity contribution in [2.45, 2.75) is 44.6 Å². The molecule has 2 fully saturated rings. The van der Waals surface area contributed by atoms with Crippen LogP contribution < -0.4 is 5.32 Å². The molecule has 2 heterocycles. The van der Waals surface area contributed by atoms with Crippen LogP contribution in [0.1, 0.15) is 20.8 Å². The van der Waals surface area contributed by atoms with Crippen molar-refractivity contribution in [3.05, 3.63) is 0 Å². The average molecular weight is 214 g/mol. The van der Waals surface area contributed by atoms with Crippen LogP contribution in [0.2, 0.25) is 0 Å². The summed E-state index contributed by atoms with van der Waals surface area (Å²) in [5, 5.41) is 12.9. The Balaban J connectivity index is 1.99. The largest absolute Gasteiger partial charge is 0.444 e. The molecule has 1 amide bonds. The van der Waals surface area contributed by atoms with E-state index in [0.29, 0.717) is 13.1 Å². The molecule has 2 saturated heterocycles. The Morgan fingerprint density at radius 1 is 1.53 bits per heavy atom. The molecule has 2 N–H and O–H groups in total. The molecule has 2 aliphatic rings. The molecule has 2 aliphatic heterocycles. The third kappa shape index (κ3) is 1.94.